The zero-order valence-corrected chi connectivity index (χ0v) is 23.1. The molecule has 208 valence electrons. The van der Waals surface area contributed by atoms with Crippen LogP contribution in [0, 0.1) is 17.1 Å². The second-order valence-corrected chi connectivity index (χ2v) is 11.2. The van der Waals surface area contributed by atoms with Gasteiger partial charge in [0.05, 0.1) is 12.1 Å². The van der Waals surface area contributed by atoms with Gasteiger partial charge in [-0.25, -0.2) is 9.37 Å². The summed E-state index contributed by atoms with van der Waals surface area (Å²) in [5.74, 6) is 0.359. The molecule has 2 fully saturated rings. The van der Waals surface area contributed by atoms with Gasteiger partial charge in [-0.1, -0.05) is 50.2 Å². The molecule has 0 spiro atoms. The van der Waals surface area contributed by atoms with Crippen LogP contribution >= 0.6 is 0 Å². The van der Waals surface area contributed by atoms with E-state index in [2.05, 4.69) is 54.1 Å². The number of pyridine rings is 1. The maximum Gasteiger partial charge on any atom is 0.240 e. The van der Waals surface area contributed by atoms with Crippen LogP contribution in [-0.4, -0.2) is 58.5 Å². The molecule has 40 heavy (non-hydrogen) atoms. The number of nitriles is 1. The predicted molar refractivity (Wildman–Crippen MR) is 152 cm³/mol. The topological polar surface area (TPSA) is 95.5 Å². The Bertz CT molecular complexity index is 1360. The van der Waals surface area contributed by atoms with Gasteiger partial charge >= 0.3 is 0 Å². The van der Waals surface area contributed by atoms with E-state index in [9.17, 15) is 14.4 Å². The zero-order chi connectivity index (χ0) is 28.2. The Kier molecular flexibility index (Phi) is 8.43. The van der Waals surface area contributed by atoms with E-state index in [0.717, 1.165) is 31.6 Å². The van der Waals surface area contributed by atoms with E-state index < -0.39 is 17.9 Å². The highest BCUT2D eigenvalue weighted by Crippen LogP contribution is 2.26. The Balaban J connectivity index is 1.11. The van der Waals surface area contributed by atoms with Crippen molar-refractivity contribution in [2.75, 3.05) is 19.6 Å². The monoisotopic (exact) mass is 541 g/mol. The zero-order valence-electron chi connectivity index (χ0n) is 23.1. The van der Waals surface area contributed by atoms with Crippen molar-refractivity contribution in [3.63, 3.8) is 0 Å². The number of ether oxygens (including phenoxy) is 1. The van der Waals surface area contributed by atoms with Gasteiger partial charge in [-0.15, -0.1) is 0 Å². The van der Waals surface area contributed by atoms with Crippen molar-refractivity contribution in [1.82, 2.24) is 14.8 Å². The number of nitrogens with two attached hydrogens (primary N) is 1. The molecule has 2 aromatic carbocycles. The van der Waals surface area contributed by atoms with E-state index in [1.807, 2.05) is 12.1 Å². The van der Waals surface area contributed by atoms with E-state index in [1.54, 1.807) is 18.3 Å². The Morgan fingerprint density at radius 1 is 1.15 bits per heavy atom. The third-order valence-electron chi connectivity index (χ3n) is 7.83. The lowest BCUT2D eigenvalue weighted by Crippen LogP contribution is -2.53. The molecule has 8 heteroatoms. The summed E-state index contributed by atoms with van der Waals surface area (Å²) in [6.07, 6.45) is 3.29. The Labute approximate surface area is 235 Å². The van der Waals surface area contributed by atoms with E-state index in [4.69, 9.17) is 10.5 Å². The number of carbonyl (C=O) groups excluding carboxylic acids is 1. The largest absolute Gasteiger partial charge is 0.472 e. The average molecular weight is 542 g/mol. The van der Waals surface area contributed by atoms with Gasteiger partial charge in [0.2, 0.25) is 11.8 Å². The second-order valence-electron chi connectivity index (χ2n) is 11.2. The molecule has 0 saturated carbocycles. The van der Waals surface area contributed by atoms with Gasteiger partial charge in [0.1, 0.15) is 18.0 Å². The lowest BCUT2D eigenvalue weighted by atomic mass is 10.0. The average Bonchev–Trinajstić information content (AvgIpc) is 3.42. The summed E-state index contributed by atoms with van der Waals surface area (Å²) < 4.78 is 21.0. The van der Waals surface area contributed by atoms with Crippen LogP contribution in [0.25, 0.3) is 11.1 Å². The first-order valence-corrected chi connectivity index (χ1v) is 14.0. The van der Waals surface area contributed by atoms with Crippen molar-refractivity contribution in [3.8, 4) is 23.1 Å². The first kappa shape index (κ1) is 27.8. The lowest BCUT2D eigenvalue weighted by Gasteiger charge is -2.38. The minimum absolute atomic E-state index is 0.0757. The van der Waals surface area contributed by atoms with Crippen LogP contribution in [0.1, 0.15) is 49.3 Å². The van der Waals surface area contributed by atoms with Crippen LogP contribution in [0.4, 0.5) is 4.39 Å². The molecule has 2 saturated heterocycles. The Hall–Kier alpha value is -3.80. The standard InChI is InChI=1S/C32H36FN5O2/c1-21(2)23-7-5-22(6-8-23)18-37-19-28(20-37)40-31-12-11-26(17-36-31)24-9-10-25(29(33)14-24)15-30(35)32(39)38-13-3-4-27(38)16-34/h5-12,14,17,21,27-28,30H,3-4,13,15,18-20,35H2,1-2H3/t27-,30?/m0/s1. The minimum Gasteiger partial charge on any atom is -0.472 e. The fourth-order valence-electron chi connectivity index (χ4n) is 5.38. The molecular weight excluding hydrogens is 505 g/mol. The molecular formula is C32H36FN5O2. The van der Waals surface area contributed by atoms with Gasteiger partial charge < -0.3 is 15.4 Å². The summed E-state index contributed by atoms with van der Waals surface area (Å²) in [6.45, 7) is 7.53. The van der Waals surface area contributed by atoms with Crippen molar-refractivity contribution >= 4 is 5.91 Å². The summed E-state index contributed by atoms with van der Waals surface area (Å²) >= 11 is 0. The highest BCUT2D eigenvalue weighted by atomic mass is 19.1. The van der Waals surface area contributed by atoms with E-state index >= 15 is 0 Å². The molecule has 1 aromatic heterocycles. The summed E-state index contributed by atoms with van der Waals surface area (Å²) in [6, 6.07) is 18.2. The lowest BCUT2D eigenvalue weighted by molar-refractivity contribution is -0.132. The summed E-state index contributed by atoms with van der Waals surface area (Å²) in [5.41, 5.74) is 10.6. The fraction of sp³-hybridized carbons (Fsp3) is 0.406. The number of hydrogen-bond donors (Lipinski definition) is 1. The number of benzene rings is 2. The molecule has 5 rings (SSSR count). The van der Waals surface area contributed by atoms with Crippen molar-refractivity contribution in [1.29, 1.82) is 5.26 Å². The van der Waals surface area contributed by atoms with Crippen molar-refractivity contribution in [3.05, 3.63) is 83.3 Å². The molecule has 3 aromatic rings. The highest BCUT2D eigenvalue weighted by Gasteiger charge is 2.32. The van der Waals surface area contributed by atoms with Crippen molar-refractivity contribution < 1.29 is 13.9 Å². The van der Waals surface area contributed by atoms with Gasteiger partial charge in [-0.3, -0.25) is 9.69 Å². The first-order chi connectivity index (χ1) is 19.3. The van der Waals surface area contributed by atoms with Crippen LogP contribution in [0.15, 0.2) is 60.8 Å². The van der Waals surface area contributed by atoms with E-state index in [0.29, 0.717) is 35.9 Å². The second kappa shape index (κ2) is 12.2. The van der Waals surface area contributed by atoms with Gasteiger partial charge in [0, 0.05) is 44.0 Å². The first-order valence-electron chi connectivity index (χ1n) is 14.0. The number of nitrogens with zero attached hydrogens (tertiary/aromatic N) is 4. The molecule has 1 amide bonds. The molecule has 0 radical (unpaired) electrons. The third kappa shape index (κ3) is 6.33. The van der Waals surface area contributed by atoms with Gasteiger partial charge in [-0.05, 0) is 59.6 Å². The molecule has 0 aliphatic carbocycles. The van der Waals surface area contributed by atoms with Gasteiger partial charge in [-0.2, -0.15) is 5.26 Å². The smallest absolute Gasteiger partial charge is 0.240 e. The van der Waals surface area contributed by atoms with Crippen LogP contribution in [-0.2, 0) is 17.8 Å². The molecule has 2 N–H and O–H groups in total. The van der Waals surface area contributed by atoms with Crippen LogP contribution in [0.2, 0.25) is 0 Å². The molecule has 1 unspecified atom stereocenters. The summed E-state index contributed by atoms with van der Waals surface area (Å²) in [7, 11) is 0. The maximum atomic E-state index is 14.9. The third-order valence-corrected chi connectivity index (χ3v) is 7.83. The molecule has 3 heterocycles. The van der Waals surface area contributed by atoms with Crippen LogP contribution < -0.4 is 10.5 Å². The summed E-state index contributed by atoms with van der Waals surface area (Å²) in [4.78, 5) is 21.0. The fourth-order valence-corrected chi connectivity index (χ4v) is 5.38. The summed E-state index contributed by atoms with van der Waals surface area (Å²) in [5, 5.41) is 9.24. The molecule has 7 nitrogen and oxygen atoms in total. The number of hydrogen-bond acceptors (Lipinski definition) is 6. The Morgan fingerprint density at radius 3 is 2.55 bits per heavy atom. The number of rotatable bonds is 9. The SMILES string of the molecule is CC(C)c1ccc(CN2CC(Oc3ccc(-c4ccc(CC(N)C(=O)N5CCC[C@H]5C#N)c(F)c4)cn3)C2)cc1. The Morgan fingerprint density at radius 2 is 1.90 bits per heavy atom. The number of likely N-dealkylation sites (tertiary alicyclic amines) is 2. The number of carbonyl (C=O) groups is 1. The van der Waals surface area contributed by atoms with E-state index in [1.165, 1.54) is 22.1 Å². The van der Waals surface area contributed by atoms with Gasteiger partial charge in [0.25, 0.3) is 0 Å². The highest BCUT2D eigenvalue weighted by molar-refractivity contribution is 5.83. The minimum atomic E-state index is -0.889. The number of aromatic nitrogens is 1. The van der Waals surface area contributed by atoms with Crippen molar-refractivity contribution in [2.45, 2.75) is 63.8 Å². The normalized spacial score (nSPS) is 18.4. The quantitative estimate of drug-likeness (QED) is 0.424. The predicted octanol–water partition coefficient (Wildman–Crippen LogP) is 4.66. The molecule has 2 aliphatic rings. The van der Waals surface area contributed by atoms with E-state index in [-0.39, 0.29) is 18.4 Å². The molecule has 2 atom stereocenters. The molecule has 2 aliphatic heterocycles. The maximum absolute atomic E-state index is 14.9. The van der Waals surface area contributed by atoms with Crippen molar-refractivity contribution in [2.24, 2.45) is 5.73 Å². The molecule has 0 bridgehead atoms. The van der Waals surface area contributed by atoms with Crippen LogP contribution in [0.5, 0.6) is 5.88 Å². The van der Waals surface area contributed by atoms with Crippen LogP contribution in [0.3, 0.4) is 0 Å². The number of halogens is 1. The van der Waals surface area contributed by atoms with Gasteiger partial charge in [0.15, 0.2) is 0 Å². The number of amides is 1.